The zero-order chi connectivity index (χ0) is 14.9. The van der Waals surface area contributed by atoms with E-state index in [4.69, 9.17) is 9.47 Å². The standard InChI is InChI=1S/C16H15NO4/c18-15(20-13-7-3-1-4-8-13)10-11-16(19)21-14-9-5-2-6-12-17-14/h1-8,12H,9-11H2. The van der Waals surface area contributed by atoms with Gasteiger partial charge >= 0.3 is 11.9 Å². The van der Waals surface area contributed by atoms with Gasteiger partial charge in [-0.1, -0.05) is 30.4 Å². The van der Waals surface area contributed by atoms with Crippen LogP contribution in [0.5, 0.6) is 5.75 Å². The smallest absolute Gasteiger partial charge is 0.312 e. The highest BCUT2D eigenvalue weighted by Crippen LogP contribution is 2.10. The molecule has 1 heterocycles. The summed E-state index contributed by atoms with van der Waals surface area (Å²) in [4.78, 5) is 27.2. The Morgan fingerprint density at radius 3 is 2.48 bits per heavy atom. The third-order valence-electron chi connectivity index (χ3n) is 2.58. The third kappa shape index (κ3) is 5.44. The molecule has 21 heavy (non-hydrogen) atoms. The molecule has 0 saturated heterocycles. The lowest BCUT2D eigenvalue weighted by atomic mass is 10.3. The van der Waals surface area contributed by atoms with Crippen molar-refractivity contribution < 1.29 is 19.1 Å². The molecule has 0 aromatic heterocycles. The Morgan fingerprint density at radius 2 is 1.71 bits per heavy atom. The van der Waals surface area contributed by atoms with Crippen LogP contribution in [-0.2, 0) is 14.3 Å². The number of rotatable bonds is 4. The Labute approximate surface area is 122 Å². The Morgan fingerprint density at radius 1 is 1.00 bits per heavy atom. The van der Waals surface area contributed by atoms with Gasteiger partial charge in [0.2, 0.25) is 5.90 Å². The van der Waals surface area contributed by atoms with Crippen molar-refractivity contribution in [3.8, 4) is 5.75 Å². The maximum absolute atomic E-state index is 11.6. The molecular weight excluding hydrogens is 270 g/mol. The van der Waals surface area contributed by atoms with Crippen LogP contribution in [0.2, 0.25) is 0 Å². The van der Waals surface area contributed by atoms with Crippen molar-refractivity contribution >= 4 is 17.8 Å². The zero-order valence-corrected chi connectivity index (χ0v) is 11.4. The van der Waals surface area contributed by atoms with Crippen molar-refractivity contribution in [2.24, 2.45) is 4.99 Å². The number of para-hydroxylation sites is 1. The SMILES string of the molecule is O=C(CCC(=O)Oc1ccccc1)OC1=NC=CC=CC1. The number of esters is 2. The van der Waals surface area contributed by atoms with E-state index in [-0.39, 0.29) is 12.8 Å². The van der Waals surface area contributed by atoms with E-state index in [1.54, 1.807) is 36.5 Å². The number of nitrogens with zero attached hydrogens (tertiary/aromatic N) is 1. The monoisotopic (exact) mass is 285 g/mol. The highest BCUT2D eigenvalue weighted by atomic mass is 16.5. The predicted octanol–water partition coefficient (Wildman–Crippen LogP) is 2.79. The Hall–Kier alpha value is -2.69. The molecule has 0 spiro atoms. The largest absolute Gasteiger partial charge is 0.427 e. The van der Waals surface area contributed by atoms with E-state index in [0.717, 1.165) is 0 Å². The number of ether oxygens (including phenoxy) is 2. The maximum atomic E-state index is 11.6. The first-order valence-corrected chi connectivity index (χ1v) is 6.59. The summed E-state index contributed by atoms with van der Waals surface area (Å²) in [5.74, 6) is -0.191. The van der Waals surface area contributed by atoms with Gasteiger partial charge in [-0.05, 0) is 18.2 Å². The first-order chi connectivity index (χ1) is 10.2. The van der Waals surface area contributed by atoms with Crippen molar-refractivity contribution in [1.82, 2.24) is 0 Å². The van der Waals surface area contributed by atoms with Crippen molar-refractivity contribution in [2.45, 2.75) is 19.3 Å². The summed E-state index contributed by atoms with van der Waals surface area (Å²) in [5.41, 5.74) is 0. The number of allylic oxidation sites excluding steroid dienone is 2. The second-order valence-electron chi connectivity index (χ2n) is 4.26. The lowest BCUT2D eigenvalue weighted by Gasteiger charge is -2.05. The molecule has 2 rings (SSSR count). The average Bonchev–Trinajstić information content (AvgIpc) is 2.75. The van der Waals surface area contributed by atoms with Gasteiger partial charge in [-0.3, -0.25) is 9.59 Å². The summed E-state index contributed by atoms with van der Waals surface area (Å²) >= 11 is 0. The lowest BCUT2D eigenvalue weighted by molar-refractivity contribution is -0.141. The maximum Gasteiger partial charge on any atom is 0.312 e. The molecule has 0 radical (unpaired) electrons. The minimum Gasteiger partial charge on any atom is -0.427 e. The number of benzene rings is 1. The van der Waals surface area contributed by atoms with E-state index in [1.165, 1.54) is 0 Å². The second-order valence-corrected chi connectivity index (χ2v) is 4.26. The fraction of sp³-hybridized carbons (Fsp3) is 0.188. The molecule has 0 saturated carbocycles. The normalized spacial score (nSPS) is 13.2. The highest BCUT2D eigenvalue weighted by Gasteiger charge is 2.12. The fourth-order valence-corrected chi connectivity index (χ4v) is 1.60. The Kier molecular flexibility index (Phi) is 5.46. The molecule has 0 fully saturated rings. The average molecular weight is 285 g/mol. The van der Waals surface area contributed by atoms with Gasteiger partial charge in [-0.2, -0.15) is 0 Å². The number of aliphatic imine (C=N–C) groups is 1. The fourth-order valence-electron chi connectivity index (χ4n) is 1.60. The molecule has 0 amide bonds. The Bertz CT molecular complexity index is 588. The van der Waals surface area contributed by atoms with Crippen molar-refractivity contribution in [2.75, 3.05) is 0 Å². The molecule has 0 atom stereocenters. The van der Waals surface area contributed by atoms with Gasteiger partial charge in [0.15, 0.2) is 0 Å². The summed E-state index contributed by atoms with van der Waals surface area (Å²) in [6.45, 7) is 0. The molecule has 108 valence electrons. The molecular formula is C16H15NO4. The van der Waals surface area contributed by atoms with Crippen LogP contribution in [-0.4, -0.2) is 17.8 Å². The number of hydrogen-bond donors (Lipinski definition) is 0. The zero-order valence-electron chi connectivity index (χ0n) is 11.4. The van der Waals surface area contributed by atoms with Crippen LogP contribution in [0.1, 0.15) is 19.3 Å². The van der Waals surface area contributed by atoms with Gasteiger partial charge < -0.3 is 9.47 Å². The topological polar surface area (TPSA) is 65.0 Å². The lowest BCUT2D eigenvalue weighted by Crippen LogP contribution is -2.15. The molecule has 0 aliphatic carbocycles. The van der Waals surface area contributed by atoms with E-state index in [9.17, 15) is 9.59 Å². The first kappa shape index (κ1) is 14.7. The van der Waals surface area contributed by atoms with Crippen LogP contribution in [0, 0.1) is 0 Å². The summed E-state index contributed by atoms with van der Waals surface area (Å²) in [5, 5.41) is 0. The molecule has 0 unspecified atom stereocenters. The van der Waals surface area contributed by atoms with Crippen LogP contribution in [0.25, 0.3) is 0 Å². The first-order valence-electron chi connectivity index (χ1n) is 6.59. The minimum atomic E-state index is -0.498. The molecule has 5 nitrogen and oxygen atoms in total. The van der Waals surface area contributed by atoms with Crippen LogP contribution in [0.4, 0.5) is 0 Å². The summed E-state index contributed by atoms with van der Waals surface area (Å²) in [6, 6.07) is 8.71. The second kappa shape index (κ2) is 7.79. The van der Waals surface area contributed by atoms with Gasteiger partial charge in [0.1, 0.15) is 5.75 Å². The molecule has 1 aromatic rings. The quantitative estimate of drug-likeness (QED) is 0.630. The van der Waals surface area contributed by atoms with Crippen molar-refractivity contribution in [3.63, 3.8) is 0 Å². The summed E-state index contributed by atoms with van der Waals surface area (Å²) in [6.07, 6.45) is 7.33. The molecule has 5 heteroatoms. The molecule has 0 N–H and O–H groups in total. The van der Waals surface area contributed by atoms with E-state index in [1.807, 2.05) is 18.2 Å². The molecule has 0 bridgehead atoms. The minimum absolute atomic E-state index is 0.0350. The summed E-state index contributed by atoms with van der Waals surface area (Å²) < 4.78 is 10.1. The van der Waals surface area contributed by atoms with Gasteiger partial charge in [0.05, 0.1) is 12.8 Å². The van der Waals surface area contributed by atoms with Gasteiger partial charge in [-0.15, -0.1) is 0 Å². The molecule has 1 aromatic carbocycles. The van der Waals surface area contributed by atoms with Gasteiger partial charge in [0.25, 0.3) is 0 Å². The summed E-state index contributed by atoms with van der Waals surface area (Å²) in [7, 11) is 0. The number of hydrogen-bond acceptors (Lipinski definition) is 5. The molecule has 1 aliphatic rings. The van der Waals surface area contributed by atoms with Crippen LogP contribution in [0.3, 0.4) is 0 Å². The van der Waals surface area contributed by atoms with Crippen molar-refractivity contribution in [3.05, 3.63) is 54.8 Å². The van der Waals surface area contributed by atoms with Crippen molar-refractivity contribution in [1.29, 1.82) is 0 Å². The van der Waals surface area contributed by atoms with Crippen LogP contribution < -0.4 is 4.74 Å². The van der Waals surface area contributed by atoms with E-state index in [2.05, 4.69) is 4.99 Å². The number of carbonyl (C=O) groups excluding carboxylic acids is 2. The van der Waals surface area contributed by atoms with E-state index in [0.29, 0.717) is 18.1 Å². The van der Waals surface area contributed by atoms with Crippen LogP contribution in [0.15, 0.2) is 59.8 Å². The van der Waals surface area contributed by atoms with E-state index >= 15 is 0 Å². The third-order valence-corrected chi connectivity index (χ3v) is 2.58. The van der Waals surface area contributed by atoms with Crippen LogP contribution >= 0.6 is 0 Å². The predicted molar refractivity (Wildman–Crippen MR) is 77.7 cm³/mol. The Balaban J connectivity index is 1.73. The van der Waals surface area contributed by atoms with Gasteiger partial charge in [0, 0.05) is 12.6 Å². The van der Waals surface area contributed by atoms with E-state index < -0.39 is 11.9 Å². The number of carbonyl (C=O) groups is 2. The van der Waals surface area contributed by atoms with Gasteiger partial charge in [-0.25, -0.2) is 4.99 Å². The highest BCUT2D eigenvalue weighted by molar-refractivity contribution is 5.91. The molecule has 1 aliphatic heterocycles.